The number of aromatic nitrogens is 1. The second kappa shape index (κ2) is 7.09. The number of hydrogen-bond donors (Lipinski definition) is 1. The third kappa shape index (κ3) is 3.95. The molecule has 0 spiro atoms. The molecule has 0 unspecified atom stereocenters. The molecule has 2 rings (SSSR count). The summed E-state index contributed by atoms with van der Waals surface area (Å²) < 4.78 is 11.5. The third-order valence-electron chi connectivity index (χ3n) is 3.15. The van der Waals surface area contributed by atoms with Crippen LogP contribution in [0.2, 0.25) is 0 Å². The van der Waals surface area contributed by atoms with E-state index in [4.69, 9.17) is 15.2 Å². The quantitative estimate of drug-likeness (QED) is 0.879. The normalized spacial score (nSPS) is 10.5. The van der Waals surface area contributed by atoms with Gasteiger partial charge in [-0.15, -0.1) is 0 Å². The van der Waals surface area contributed by atoms with Gasteiger partial charge in [0.1, 0.15) is 17.2 Å². The van der Waals surface area contributed by atoms with E-state index in [2.05, 4.69) is 11.9 Å². The smallest absolute Gasteiger partial charge is 0.135 e. The van der Waals surface area contributed by atoms with Gasteiger partial charge < -0.3 is 15.2 Å². The first-order valence-corrected chi connectivity index (χ1v) is 7.22. The van der Waals surface area contributed by atoms with Gasteiger partial charge in [-0.05, 0) is 44.5 Å². The maximum atomic E-state index is 5.95. The van der Waals surface area contributed by atoms with Crippen LogP contribution in [0.1, 0.15) is 30.3 Å². The van der Waals surface area contributed by atoms with Gasteiger partial charge in [0.25, 0.3) is 0 Å². The van der Waals surface area contributed by atoms with Crippen LogP contribution in [0, 0.1) is 13.8 Å². The molecule has 4 nitrogen and oxygen atoms in total. The van der Waals surface area contributed by atoms with Crippen LogP contribution in [-0.2, 0) is 6.54 Å². The van der Waals surface area contributed by atoms with Crippen LogP contribution in [0.25, 0.3) is 0 Å². The van der Waals surface area contributed by atoms with Crippen molar-refractivity contribution in [1.29, 1.82) is 0 Å². The first-order chi connectivity index (χ1) is 10.1. The number of benzene rings is 1. The number of pyridine rings is 1. The van der Waals surface area contributed by atoms with E-state index >= 15 is 0 Å². The van der Waals surface area contributed by atoms with Crippen LogP contribution in [0.5, 0.6) is 17.2 Å². The molecular weight excluding hydrogens is 264 g/mol. The van der Waals surface area contributed by atoms with Gasteiger partial charge in [-0.25, -0.2) is 0 Å². The van der Waals surface area contributed by atoms with Gasteiger partial charge in [-0.2, -0.15) is 0 Å². The lowest BCUT2D eigenvalue weighted by Crippen LogP contribution is -2.05. The van der Waals surface area contributed by atoms with E-state index in [1.54, 1.807) is 0 Å². The van der Waals surface area contributed by atoms with Gasteiger partial charge in [0.05, 0.1) is 6.61 Å². The zero-order chi connectivity index (χ0) is 15.2. The van der Waals surface area contributed by atoms with Crippen molar-refractivity contribution in [3.8, 4) is 17.2 Å². The minimum absolute atomic E-state index is 0.409. The maximum absolute atomic E-state index is 5.95. The molecule has 0 radical (unpaired) electrons. The highest BCUT2D eigenvalue weighted by Gasteiger charge is 2.09. The Hall–Kier alpha value is -2.07. The number of nitrogens with two attached hydrogens (primary N) is 1. The Morgan fingerprint density at radius 3 is 2.38 bits per heavy atom. The molecule has 2 aromatic rings. The number of ether oxygens (including phenoxy) is 2. The van der Waals surface area contributed by atoms with Crippen LogP contribution < -0.4 is 15.2 Å². The van der Waals surface area contributed by atoms with Crippen molar-refractivity contribution in [3.05, 3.63) is 47.3 Å². The summed E-state index contributed by atoms with van der Waals surface area (Å²) >= 11 is 0. The Kier molecular flexibility index (Phi) is 5.17. The summed E-state index contributed by atoms with van der Waals surface area (Å²) in [5, 5.41) is 0. The zero-order valence-corrected chi connectivity index (χ0v) is 12.8. The fraction of sp³-hybridized carbons (Fsp3) is 0.353. The first-order valence-electron chi connectivity index (χ1n) is 7.22. The lowest BCUT2D eigenvalue weighted by atomic mass is 10.1. The lowest BCUT2D eigenvalue weighted by molar-refractivity contribution is 0.317. The summed E-state index contributed by atoms with van der Waals surface area (Å²) in [7, 11) is 0. The van der Waals surface area contributed by atoms with Crippen LogP contribution >= 0.6 is 0 Å². The molecule has 0 amide bonds. The predicted molar refractivity (Wildman–Crippen MR) is 83.9 cm³/mol. The molecule has 0 aliphatic rings. The Labute approximate surface area is 125 Å². The molecule has 0 atom stereocenters. The van der Waals surface area contributed by atoms with Crippen LogP contribution in [0.4, 0.5) is 0 Å². The van der Waals surface area contributed by atoms with Gasteiger partial charge in [-0.3, -0.25) is 4.98 Å². The first kappa shape index (κ1) is 15.3. The molecule has 4 heteroatoms. The fourth-order valence-electron chi connectivity index (χ4n) is 2.11. The van der Waals surface area contributed by atoms with Crippen molar-refractivity contribution in [3.63, 3.8) is 0 Å². The standard InChI is InChI=1S/C17H22N2O2/c1-4-9-20-14-5-7-15(8-6-14)21-17-10-12(2)19-13(3)16(17)11-18/h5-8,10H,4,9,11,18H2,1-3H3. The Morgan fingerprint density at radius 2 is 1.76 bits per heavy atom. The summed E-state index contributed by atoms with van der Waals surface area (Å²) in [5.74, 6) is 2.38. The maximum Gasteiger partial charge on any atom is 0.135 e. The van der Waals surface area contributed by atoms with E-state index in [-0.39, 0.29) is 0 Å². The van der Waals surface area contributed by atoms with E-state index in [1.807, 2.05) is 44.2 Å². The molecular formula is C17H22N2O2. The van der Waals surface area contributed by atoms with Gasteiger partial charge in [0.2, 0.25) is 0 Å². The predicted octanol–water partition coefficient (Wildman–Crippen LogP) is 3.74. The number of nitrogens with zero attached hydrogens (tertiary/aromatic N) is 1. The average Bonchev–Trinajstić information content (AvgIpc) is 2.46. The van der Waals surface area contributed by atoms with E-state index in [9.17, 15) is 0 Å². The van der Waals surface area contributed by atoms with Gasteiger partial charge in [0, 0.05) is 29.6 Å². The van der Waals surface area contributed by atoms with Crippen LogP contribution in [0.3, 0.4) is 0 Å². The molecule has 1 aromatic carbocycles. The number of hydrogen-bond acceptors (Lipinski definition) is 4. The molecule has 1 heterocycles. The molecule has 1 aromatic heterocycles. The number of aryl methyl sites for hydroxylation is 2. The largest absolute Gasteiger partial charge is 0.494 e. The Balaban J connectivity index is 2.18. The molecule has 112 valence electrons. The second-order valence-electron chi connectivity index (χ2n) is 4.95. The zero-order valence-electron chi connectivity index (χ0n) is 12.8. The minimum Gasteiger partial charge on any atom is -0.494 e. The number of rotatable bonds is 6. The minimum atomic E-state index is 0.409. The highest BCUT2D eigenvalue weighted by molar-refractivity contribution is 5.42. The van der Waals surface area contributed by atoms with Gasteiger partial charge in [0.15, 0.2) is 0 Å². The van der Waals surface area contributed by atoms with Crippen LogP contribution in [0.15, 0.2) is 30.3 Å². The van der Waals surface area contributed by atoms with Crippen molar-refractivity contribution in [1.82, 2.24) is 4.98 Å². The molecule has 21 heavy (non-hydrogen) atoms. The molecule has 2 N–H and O–H groups in total. The summed E-state index contributed by atoms with van der Waals surface area (Å²) in [6.07, 6.45) is 0.994. The third-order valence-corrected chi connectivity index (χ3v) is 3.15. The van der Waals surface area contributed by atoms with E-state index in [1.165, 1.54) is 0 Å². The summed E-state index contributed by atoms with van der Waals surface area (Å²) in [6.45, 7) is 7.11. The molecule has 0 fully saturated rings. The van der Waals surface area contributed by atoms with Gasteiger partial charge in [-0.1, -0.05) is 6.92 Å². The van der Waals surface area contributed by atoms with E-state index in [0.717, 1.165) is 47.2 Å². The van der Waals surface area contributed by atoms with E-state index in [0.29, 0.717) is 6.54 Å². The topological polar surface area (TPSA) is 57.4 Å². The highest BCUT2D eigenvalue weighted by Crippen LogP contribution is 2.28. The highest BCUT2D eigenvalue weighted by atomic mass is 16.5. The molecule has 0 aliphatic heterocycles. The molecule has 0 bridgehead atoms. The van der Waals surface area contributed by atoms with Crippen molar-refractivity contribution in [2.45, 2.75) is 33.7 Å². The summed E-state index contributed by atoms with van der Waals surface area (Å²) in [4.78, 5) is 4.41. The summed E-state index contributed by atoms with van der Waals surface area (Å²) in [5.41, 5.74) is 8.56. The fourth-order valence-corrected chi connectivity index (χ4v) is 2.11. The molecule has 0 saturated carbocycles. The Bertz CT molecular complexity index is 594. The second-order valence-corrected chi connectivity index (χ2v) is 4.95. The SMILES string of the molecule is CCCOc1ccc(Oc2cc(C)nc(C)c2CN)cc1. The molecule has 0 aliphatic carbocycles. The van der Waals surface area contributed by atoms with Crippen LogP contribution in [-0.4, -0.2) is 11.6 Å². The Morgan fingerprint density at radius 1 is 1.10 bits per heavy atom. The lowest BCUT2D eigenvalue weighted by Gasteiger charge is -2.13. The van der Waals surface area contributed by atoms with Crippen molar-refractivity contribution >= 4 is 0 Å². The van der Waals surface area contributed by atoms with Crippen molar-refractivity contribution < 1.29 is 9.47 Å². The van der Waals surface area contributed by atoms with Crippen molar-refractivity contribution in [2.24, 2.45) is 5.73 Å². The molecule has 0 saturated heterocycles. The van der Waals surface area contributed by atoms with Crippen molar-refractivity contribution in [2.75, 3.05) is 6.61 Å². The summed E-state index contributed by atoms with van der Waals surface area (Å²) in [6, 6.07) is 9.53. The average molecular weight is 286 g/mol. The van der Waals surface area contributed by atoms with E-state index < -0.39 is 0 Å². The monoisotopic (exact) mass is 286 g/mol. The van der Waals surface area contributed by atoms with Gasteiger partial charge >= 0.3 is 0 Å².